The molecule has 2 aromatic rings. The van der Waals surface area contributed by atoms with Crippen molar-refractivity contribution in [2.75, 3.05) is 13.6 Å². The Bertz CT molecular complexity index is 554. The summed E-state index contributed by atoms with van der Waals surface area (Å²) in [6, 6.07) is 1.97. The number of halogens is 3. The number of nitrogens with one attached hydrogen (secondary N) is 1. The van der Waals surface area contributed by atoms with Crippen molar-refractivity contribution in [3.05, 3.63) is 41.7 Å². The van der Waals surface area contributed by atoms with Gasteiger partial charge in [0, 0.05) is 13.0 Å². The quantitative estimate of drug-likeness (QED) is 0.854. The van der Waals surface area contributed by atoms with E-state index >= 15 is 0 Å². The SMILES string of the molecule is CNCCc1ncc(-c2ccc(F)c(F)c2F)o1. The predicted octanol–water partition coefficient (Wildman–Crippen LogP) is 2.52. The van der Waals surface area contributed by atoms with Crippen molar-refractivity contribution in [3.8, 4) is 11.3 Å². The van der Waals surface area contributed by atoms with Crippen molar-refractivity contribution in [3.63, 3.8) is 0 Å². The van der Waals surface area contributed by atoms with E-state index in [0.717, 1.165) is 12.1 Å². The average molecular weight is 256 g/mol. The summed E-state index contributed by atoms with van der Waals surface area (Å²) in [4.78, 5) is 3.93. The predicted molar refractivity (Wildman–Crippen MR) is 59.4 cm³/mol. The molecule has 0 atom stereocenters. The summed E-state index contributed by atoms with van der Waals surface area (Å²) >= 11 is 0. The maximum Gasteiger partial charge on any atom is 0.196 e. The molecule has 0 spiro atoms. The van der Waals surface area contributed by atoms with E-state index < -0.39 is 17.5 Å². The van der Waals surface area contributed by atoms with Gasteiger partial charge in [0.05, 0.1) is 11.8 Å². The van der Waals surface area contributed by atoms with Crippen molar-refractivity contribution in [2.24, 2.45) is 0 Å². The highest BCUT2D eigenvalue weighted by molar-refractivity contribution is 5.57. The van der Waals surface area contributed by atoms with Crippen LogP contribution in [0, 0.1) is 17.5 Å². The highest BCUT2D eigenvalue weighted by Crippen LogP contribution is 2.26. The van der Waals surface area contributed by atoms with Crippen LogP contribution < -0.4 is 5.32 Å². The van der Waals surface area contributed by atoms with Crippen LogP contribution in [0.4, 0.5) is 13.2 Å². The van der Waals surface area contributed by atoms with Gasteiger partial charge in [0.15, 0.2) is 29.1 Å². The zero-order chi connectivity index (χ0) is 13.1. The topological polar surface area (TPSA) is 38.1 Å². The molecule has 1 aromatic heterocycles. The molecule has 0 aliphatic heterocycles. The van der Waals surface area contributed by atoms with Gasteiger partial charge < -0.3 is 9.73 Å². The van der Waals surface area contributed by atoms with Gasteiger partial charge in [0.25, 0.3) is 0 Å². The number of likely N-dealkylation sites (N-methyl/N-ethyl adjacent to an activating group) is 1. The summed E-state index contributed by atoms with van der Waals surface area (Å²) in [5.74, 6) is -3.53. The molecule has 2 rings (SSSR count). The minimum Gasteiger partial charge on any atom is -0.441 e. The van der Waals surface area contributed by atoms with E-state index in [2.05, 4.69) is 10.3 Å². The number of hydrogen-bond donors (Lipinski definition) is 1. The Kier molecular flexibility index (Phi) is 3.66. The van der Waals surface area contributed by atoms with Gasteiger partial charge in [0.2, 0.25) is 0 Å². The number of benzene rings is 1. The lowest BCUT2D eigenvalue weighted by Gasteiger charge is -2.01. The van der Waals surface area contributed by atoms with Gasteiger partial charge in [-0.1, -0.05) is 0 Å². The first kappa shape index (κ1) is 12.6. The van der Waals surface area contributed by atoms with Gasteiger partial charge in [-0.25, -0.2) is 18.2 Å². The van der Waals surface area contributed by atoms with Crippen molar-refractivity contribution in [2.45, 2.75) is 6.42 Å². The fraction of sp³-hybridized carbons (Fsp3) is 0.250. The normalized spacial score (nSPS) is 10.9. The van der Waals surface area contributed by atoms with E-state index in [0.29, 0.717) is 18.9 Å². The Morgan fingerprint density at radius 2 is 2.00 bits per heavy atom. The van der Waals surface area contributed by atoms with Crippen LogP contribution in [0.15, 0.2) is 22.7 Å². The Morgan fingerprint density at radius 3 is 2.72 bits per heavy atom. The summed E-state index contributed by atoms with van der Waals surface area (Å²) in [6.07, 6.45) is 1.82. The van der Waals surface area contributed by atoms with Crippen LogP contribution in [0.2, 0.25) is 0 Å². The summed E-state index contributed by atoms with van der Waals surface area (Å²) in [5, 5.41) is 2.91. The van der Waals surface area contributed by atoms with Gasteiger partial charge in [-0.2, -0.15) is 0 Å². The standard InChI is InChI=1S/C12H11F3N2O/c1-16-5-4-10-17-6-9(18-10)7-2-3-8(13)12(15)11(7)14/h2-3,6,16H,4-5H2,1H3. The summed E-state index contributed by atoms with van der Waals surface area (Å²) in [5.41, 5.74) is -0.142. The second kappa shape index (κ2) is 5.22. The Morgan fingerprint density at radius 1 is 1.22 bits per heavy atom. The van der Waals surface area contributed by atoms with E-state index in [-0.39, 0.29) is 11.3 Å². The molecule has 1 aromatic carbocycles. The lowest BCUT2D eigenvalue weighted by atomic mass is 10.1. The maximum absolute atomic E-state index is 13.5. The molecule has 6 heteroatoms. The Hall–Kier alpha value is -1.82. The largest absolute Gasteiger partial charge is 0.441 e. The van der Waals surface area contributed by atoms with Crippen LogP contribution in [0.5, 0.6) is 0 Å². The molecule has 1 heterocycles. The van der Waals surface area contributed by atoms with Crippen LogP contribution >= 0.6 is 0 Å². The number of nitrogens with zero attached hydrogens (tertiary/aromatic N) is 1. The van der Waals surface area contributed by atoms with Crippen molar-refractivity contribution in [1.82, 2.24) is 10.3 Å². The lowest BCUT2D eigenvalue weighted by Crippen LogP contribution is -2.10. The first-order valence-electron chi connectivity index (χ1n) is 5.36. The van der Waals surface area contributed by atoms with E-state index in [4.69, 9.17) is 4.42 Å². The van der Waals surface area contributed by atoms with Crippen LogP contribution in [0.25, 0.3) is 11.3 Å². The van der Waals surface area contributed by atoms with Gasteiger partial charge in [-0.15, -0.1) is 0 Å². The molecular weight excluding hydrogens is 245 g/mol. The zero-order valence-electron chi connectivity index (χ0n) is 9.64. The highest BCUT2D eigenvalue weighted by Gasteiger charge is 2.17. The smallest absolute Gasteiger partial charge is 0.196 e. The molecule has 18 heavy (non-hydrogen) atoms. The van der Waals surface area contributed by atoms with E-state index in [9.17, 15) is 13.2 Å². The fourth-order valence-electron chi connectivity index (χ4n) is 1.50. The fourth-order valence-corrected chi connectivity index (χ4v) is 1.50. The van der Waals surface area contributed by atoms with E-state index in [1.54, 1.807) is 7.05 Å². The maximum atomic E-state index is 13.5. The molecule has 0 aliphatic carbocycles. The second-order valence-corrected chi connectivity index (χ2v) is 3.69. The molecule has 0 saturated heterocycles. The molecule has 3 nitrogen and oxygen atoms in total. The summed E-state index contributed by atoms with van der Waals surface area (Å²) in [6.45, 7) is 0.653. The van der Waals surface area contributed by atoms with Crippen molar-refractivity contribution in [1.29, 1.82) is 0 Å². The molecule has 0 radical (unpaired) electrons. The molecule has 1 N–H and O–H groups in total. The van der Waals surface area contributed by atoms with Gasteiger partial charge >= 0.3 is 0 Å². The van der Waals surface area contributed by atoms with Gasteiger partial charge in [-0.05, 0) is 19.2 Å². The van der Waals surface area contributed by atoms with Crippen LogP contribution in [-0.2, 0) is 6.42 Å². The molecule has 0 saturated carbocycles. The van der Waals surface area contributed by atoms with Crippen LogP contribution in [0.3, 0.4) is 0 Å². The number of aromatic nitrogens is 1. The summed E-state index contributed by atoms with van der Waals surface area (Å²) in [7, 11) is 1.78. The van der Waals surface area contributed by atoms with Gasteiger partial charge in [0.1, 0.15) is 0 Å². The third kappa shape index (κ3) is 2.38. The van der Waals surface area contributed by atoms with Crippen molar-refractivity contribution >= 4 is 0 Å². The number of oxazole rings is 1. The van der Waals surface area contributed by atoms with Gasteiger partial charge in [-0.3, -0.25) is 0 Å². The molecule has 0 unspecified atom stereocenters. The monoisotopic (exact) mass is 256 g/mol. The molecule has 0 amide bonds. The molecule has 0 fully saturated rings. The first-order chi connectivity index (χ1) is 8.63. The highest BCUT2D eigenvalue weighted by atomic mass is 19.2. The van der Waals surface area contributed by atoms with E-state index in [1.165, 1.54) is 6.20 Å². The lowest BCUT2D eigenvalue weighted by molar-refractivity contribution is 0.444. The zero-order valence-corrected chi connectivity index (χ0v) is 9.64. The second-order valence-electron chi connectivity index (χ2n) is 3.69. The number of rotatable bonds is 4. The van der Waals surface area contributed by atoms with Crippen molar-refractivity contribution < 1.29 is 17.6 Å². The van der Waals surface area contributed by atoms with E-state index in [1.807, 2.05) is 0 Å². The Labute approximate surface area is 102 Å². The minimum absolute atomic E-state index is 0.0810. The molecular formula is C12H11F3N2O. The van der Waals surface area contributed by atoms with Crippen LogP contribution in [0.1, 0.15) is 5.89 Å². The minimum atomic E-state index is -1.51. The Balaban J connectivity index is 2.31. The third-order valence-electron chi connectivity index (χ3n) is 2.44. The average Bonchev–Trinajstić information content (AvgIpc) is 2.82. The van der Waals surface area contributed by atoms with Crippen LogP contribution in [-0.4, -0.2) is 18.6 Å². The molecule has 0 bridgehead atoms. The summed E-state index contributed by atoms with van der Waals surface area (Å²) < 4.78 is 44.6. The molecule has 96 valence electrons. The first-order valence-corrected chi connectivity index (χ1v) is 5.36. The molecule has 0 aliphatic rings. The third-order valence-corrected chi connectivity index (χ3v) is 2.44. The number of hydrogen-bond acceptors (Lipinski definition) is 3.